The molecule has 0 atom stereocenters. The number of aromatic nitrogens is 1. The third kappa shape index (κ3) is 7.24. The highest BCUT2D eigenvalue weighted by Crippen LogP contribution is 2.21. The zero-order valence-corrected chi connectivity index (χ0v) is 18.0. The van der Waals surface area contributed by atoms with Crippen molar-refractivity contribution in [1.82, 2.24) is 4.57 Å². The fraction of sp³-hybridized carbons (Fsp3) is 0.0769. The zero-order valence-electron chi connectivity index (χ0n) is 17.2. The molecule has 0 saturated carbocycles. The predicted molar refractivity (Wildman–Crippen MR) is 126 cm³/mol. The van der Waals surface area contributed by atoms with Crippen LogP contribution in [0.25, 0.3) is 12.2 Å². The van der Waals surface area contributed by atoms with E-state index in [1.165, 1.54) is 11.8 Å². The SMILES string of the molecule is CC(=O)Oc1ccccc1/C=C/c1cccs1.O=C(Cc1ccccc1)n1cccc1. The van der Waals surface area contributed by atoms with E-state index < -0.39 is 0 Å². The Morgan fingerprint density at radius 3 is 2.26 bits per heavy atom. The Hall–Kier alpha value is -3.70. The minimum atomic E-state index is -0.304. The van der Waals surface area contributed by atoms with E-state index in [-0.39, 0.29) is 11.9 Å². The highest BCUT2D eigenvalue weighted by Gasteiger charge is 2.04. The fourth-order valence-electron chi connectivity index (χ4n) is 2.79. The summed E-state index contributed by atoms with van der Waals surface area (Å²) in [6.07, 6.45) is 7.95. The number of hydrogen-bond acceptors (Lipinski definition) is 4. The lowest BCUT2D eigenvalue weighted by Gasteiger charge is -2.04. The number of carbonyl (C=O) groups is 2. The van der Waals surface area contributed by atoms with Gasteiger partial charge < -0.3 is 4.74 Å². The molecule has 4 nitrogen and oxygen atoms in total. The van der Waals surface area contributed by atoms with Crippen LogP contribution in [0.4, 0.5) is 0 Å². The van der Waals surface area contributed by atoms with E-state index in [9.17, 15) is 9.59 Å². The van der Waals surface area contributed by atoms with Crippen molar-refractivity contribution in [3.05, 3.63) is 113 Å². The van der Waals surface area contributed by atoms with Crippen molar-refractivity contribution in [3.8, 4) is 5.75 Å². The Balaban J connectivity index is 0.000000179. The van der Waals surface area contributed by atoms with Gasteiger partial charge in [-0.2, -0.15) is 0 Å². The van der Waals surface area contributed by atoms with Gasteiger partial charge in [-0.15, -0.1) is 11.3 Å². The monoisotopic (exact) mass is 429 g/mol. The molecule has 156 valence electrons. The van der Waals surface area contributed by atoms with Crippen LogP contribution in [0.1, 0.15) is 27.7 Å². The maximum Gasteiger partial charge on any atom is 0.308 e. The zero-order chi connectivity index (χ0) is 21.9. The van der Waals surface area contributed by atoms with E-state index in [1.54, 1.807) is 34.4 Å². The molecule has 2 aromatic carbocycles. The number of hydrogen-bond donors (Lipinski definition) is 0. The van der Waals surface area contributed by atoms with Crippen LogP contribution < -0.4 is 4.74 Å². The lowest BCUT2D eigenvalue weighted by Crippen LogP contribution is -2.10. The number of thiophene rings is 1. The number of para-hydroxylation sites is 1. The summed E-state index contributed by atoms with van der Waals surface area (Å²) in [7, 11) is 0. The molecular weight excluding hydrogens is 406 g/mol. The molecule has 4 aromatic rings. The summed E-state index contributed by atoms with van der Waals surface area (Å²) in [6.45, 7) is 1.40. The van der Waals surface area contributed by atoms with Crippen LogP contribution in [0.3, 0.4) is 0 Å². The Kier molecular flexibility index (Phi) is 8.14. The summed E-state index contributed by atoms with van der Waals surface area (Å²) in [5.41, 5.74) is 1.95. The summed E-state index contributed by atoms with van der Waals surface area (Å²) >= 11 is 1.67. The summed E-state index contributed by atoms with van der Waals surface area (Å²) in [5, 5.41) is 2.03. The van der Waals surface area contributed by atoms with E-state index >= 15 is 0 Å². The number of benzene rings is 2. The molecule has 0 radical (unpaired) electrons. The van der Waals surface area contributed by atoms with Crippen molar-refractivity contribution in [2.24, 2.45) is 0 Å². The normalized spacial score (nSPS) is 10.4. The van der Waals surface area contributed by atoms with E-state index in [2.05, 4.69) is 0 Å². The first-order valence-corrected chi connectivity index (χ1v) is 10.7. The third-order valence-corrected chi connectivity index (χ3v) is 5.07. The van der Waals surface area contributed by atoms with Crippen LogP contribution in [0.15, 0.2) is 96.6 Å². The topological polar surface area (TPSA) is 48.3 Å². The Morgan fingerprint density at radius 2 is 1.58 bits per heavy atom. The van der Waals surface area contributed by atoms with Gasteiger partial charge in [0.2, 0.25) is 5.91 Å². The molecule has 5 heteroatoms. The molecule has 0 aliphatic carbocycles. The molecule has 0 N–H and O–H groups in total. The van der Waals surface area contributed by atoms with Crippen molar-refractivity contribution in [2.75, 3.05) is 0 Å². The molecule has 2 heterocycles. The van der Waals surface area contributed by atoms with Crippen molar-refractivity contribution in [2.45, 2.75) is 13.3 Å². The quantitative estimate of drug-likeness (QED) is 0.280. The van der Waals surface area contributed by atoms with Crippen LogP contribution in [0.5, 0.6) is 5.75 Å². The standard InChI is InChI=1S/C14H12O2S.C12H11NO/c1-11(15)16-14-7-3-2-5-12(14)8-9-13-6-4-10-17-13;14-12(13-8-4-5-9-13)10-11-6-2-1-3-7-11/h2-10H,1H3;1-9H,10H2/b9-8+;. The molecule has 4 rings (SSSR count). The minimum Gasteiger partial charge on any atom is -0.426 e. The van der Waals surface area contributed by atoms with Gasteiger partial charge in [0.25, 0.3) is 0 Å². The number of esters is 1. The largest absolute Gasteiger partial charge is 0.426 e. The molecule has 0 unspecified atom stereocenters. The molecule has 0 fully saturated rings. The average Bonchev–Trinajstić information content (AvgIpc) is 3.48. The Morgan fingerprint density at radius 1 is 0.871 bits per heavy atom. The second-order valence-corrected chi connectivity index (χ2v) is 7.61. The molecule has 2 aromatic heterocycles. The Labute approximate surface area is 186 Å². The summed E-state index contributed by atoms with van der Waals surface area (Å²) in [4.78, 5) is 23.8. The molecule has 0 spiro atoms. The van der Waals surface area contributed by atoms with Gasteiger partial charge in [-0.05, 0) is 47.4 Å². The highest BCUT2D eigenvalue weighted by atomic mass is 32.1. The fourth-order valence-corrected chi connectivity index (χ4v) is 3.40. The van der Waals surface area contributed by atoms with Gasteiger partial charge in [0, 0.05) is 29.8 Å². The number of carbonyl (C=O) groups excluding carboxylic acids is 2. The van der Waals surface area contributed by atoms with Gasteiger partial charge >= 0.3 is 5.97 Å². The molecule has 0 bridgehead atoms. The second-order valence-electron chi connectivity index (χ2n) is 6.63. The molecule has 31 heavy (non-hydrogen) atoms. The van der Waals surface area contributed by atoms with Gasteiger partial charge in [0.1, 0.15) is 5.75 Å². The van der Waals surface area contributed by atoms with Gasteiger partial charge in [0.05, 0.1) is 6.42 Å². The van der Waals surface area contributed by atoms with Crippen LogP contribution in [-0.4, -0.2) is 16.4 Å². The van der Waals surface area contributed by atoms with Crippen molar-refractivity contribution in [3.63, 3.8) is 0 Å². The van der Waals surface area contributed by atoms with E-state index in [0.29, 0.717) is 12.2 Å². The van der Waals surface area contributed by atoms with Crippen LogP contribution >= 0.6 is 11.3 Å². The van der Waals surface area contributed by atoms with E-state index in [1.807, 2.05) is 90.3 Å². The second kappa shape index (κ2) is 11.5. The van der Waals surface area contributed by atoms with E-state index in [0.717, 1.165) is 11.1 Å². The number of rotatable bonds is 5. The average molecular weight is 430 g/mol. The first kappa shape index (κ1) is 22.0. The van der Waals surface area contributed by atoms with Gasteiger partial charge in [-0.3, -0.25) is 14.2 Å². The van der Waals surface area contributed by atoms with E-state index in [4.69, 9.17) is 4.74 Å². The predicted octanol–water partition coefficient (Wildman–Crippen LogP) is 6.21. The maximum atomic E-state index is 11.6. The lowest BCUT2D eigenvalue weighted by molar-refractivity contribution is -0.131. The molecule has 0 amide bonds. The first-order chi connectivity index (χ1) is 15.1. The van der Waals surface area contributed by atoms with Crippen molar-refractivity contribution < 1.29 is 14.3 Å². The maximum absolute atomic E-state index is 11.6. The van der Waals surface area contributed by atoms with Gasteiger partial charge in [0.15, 0.2) is 0 Å². The van der Waals surface area contributed by atoms with Crippen molar-refractivity contribution in [1.29, 1.82) is 0 Å². The van der Waals surface area contributed by atoms with Crippen molar-refractivity contribution >= 4 is 35.4 Å². The van der Waals surface area contributed by atoms with Crippen LogP contribution in [0.2, 0.25) is 0 Å². The molecule has 0 saturated heterocycles. The van der Waals surface area contributed by atoms with Gasteiger partial charge in [-0.1, -0.05) is 54.6 Å². The molecular formula is C26H23NO3S. The molecule has 0 aliphatic heterocycles. The highest BCUT2D eigenvalue weighted by molar-refractivity contribution is 7.10. The van der Waals surface area contributed by atoms with Crippen LogP contribution in [0, 0.1) is 0 Å². The number of nitrogens with zero attached hydrogens (tertiary/aromatic N) is 1. The first-order valence-electron chi connectivity index (χ1n) is 9.81. The summed E-state index contributed by atoms with van der Waals surface area (Å²) < 4.78 is 6.73. The Bertz CT molecular complexity index is 1110. The third-order valence-electron chi connectivity index (χ3n) is 4.23. The summed E-state index contributed by atoms with van der Waals surface area (Å²) in [6, 6.07) is 25.0. The minimum absolute atomic E-state index is 0.0983. The molecule has 0 aliphatic rings. The van der Waals surface area contributed by atoms with Crippen LogP contribution in [-0.2, 0) is 11.2 Å². The summed E-state index contributed by atoms with van der Waals surface area (Å²) in [5.74, 6) is 0.385. The number of ether oxygens (including phenoxy) is 1. The van der Waals surface area contributed by atoms with Gasteiger partial charge in [-0.25, -0.2) is 0 Å². The smallest absolute Gasteiger partial charge is 0.308 e. The lowest BCUT2D eigenvalue weighted by atomic mass is 10.1.